The number of halogens is 1. The second-order valence-electron chi connectivity index (χ2n) is 5.57. The molecule has 24 heavy (non-hydrogen) atoms. The summed E-state index contributed by atoms with van der Waals surface area (Å²) in [4.78, 5) is 7.99. The van der Waals surface area contributed by atoms with Crippen LogP contribution in [0.15, 0.2) is 35.4 Å². The minimum absolute atomic E-state index is 0.0435. The first-order chi connectivity index (χ1) is 11.5. The summed E-state index contributed by atoms with van der Waals surface area (Å²) in [5, 5.41) is 11.7. The predicted molar refractivity (Wildman–Crippen MR) is 91.6 cm³/mol. The van der Waals surface area contributed by atoms with Crippen molar-refractivity contribution in [2.45, 2.75) is 35.8 Å². The lowest BCUT2D eigenvalue weighted by Gasteiger charge is -2.16. The minimum Gasteiger partial charge on any atom is -0.338 e. The lowest BCUT2D eigenvalue weighted by molar-refractivity contribution is 0.382. The molecule has 0 aliphatic heterocycles. The molecule has 1 aliphatic carbocycles. The van der Waals surface area contributed by atoms with Crippen molar-refractivity contribution in [1.82, 2.24) is 9.97 Å². The van der Waals surface area contributed by atoms with Gasteiger partial charge in [-0.2, -0.15) is 4.98 Å². The molecule has 0 radical (unpaired) electrons. The molecule has 7 nitrogen and oxygen atoms in total. The van der Waals surface area contributed by atoms with Gasteiger partial charge in [0.05, 0.1) is 22.0 Å². The molecule has 1 aromatic heterocycles. The highest BCUT2D eigenvalue weighted by Gasteiger charge is 2.32. The Balaban J connectivity index is 1.98. The zero-order chi connectivity index (χ0) is 17.2. The van der Waals surface area contributed by atoms with Crippen molar-refractivity contribution in [3.8, 4) is 0 Å². The van der Waals surface area contributed by atoms with Gasteiger partial charge in [0.1, 0.15) is 5.02 Å². The molecule has 128 valence electrons. The molecule has 0 saturated heterocycles. The Morgan fingerprint density at radius 3 is 2.62 bits per heavy atom. The van der Waals surface area contributed by atoms with E-state index in [4.69, 9.17) is 16.8 Å². The topological polar surface area (TPSA) is 104 Å². The van der Waals surface area contributed by atoms with Crippen molar-refractivity contribution >= 4 is 38.9 Å². The molecule has 1 aromatic carbocycles. The SMILES string of the molecule is O=S(=O)(c1ccccc1Nc1nc(NO)ncc1Cl)C1CCCC1. The second kappa shape index (κ2) is 6.92. The van der Waals surface area contributed by atoms with E-state index in [-0.39, 0.29) is 26.9 Å². The molecule has 2 aromatic rings. The number of benzene rings is 1. The van der Waals surface area contributed by atoms with Crippen LogP contribution in [0.5, 0.6) is 0 Å². The van der Waals surface area contributed by atoms with Gasteiger partial charge >= 0.3 is 0 Å². The molecule has 9 heteroatoms. The highest BCUT2D eigenvalue weighted by Crippen LogP contribution is 2.34. The molecule has 0 amide bonds. The van der Waals surface area contributed by atoms with Crippen LogP contribution >= 0.6 is 11.6 Å². The smallest absolute Gasteiger partial charge is 0.248 e. The van der Waals surface area contributed by atoms with Gasteiger partial charge < -0.3 is 5.32 Å². The quantitative estimate of drug-likeness (QED) is 0.695. The molecule has 3 rings (SSSR count). The summed E-state index contributed by atoms with van der Waals surface area (Å²) in [7, 11) is -3.43. The molecular formula is C15H17ClN4O3S. The van der Waals surface area contributed by atoms with Gasteiger partial charge in [-0.3, -0.25) is 5.21 Å². The Hall–Kier alpha value is -1.90. The third-order valence-corrected chi connectivity index (χ3v) is 6.63. The molecule has 1 saturated carbocycles. The van der Waals surface area contributed by atoms with E-state index < -0.39 is 9.84 Å². The van der Waals surface area contributed by atoms with E-state index in [2.05, 4.69) is 15.3 Å². The minimum atomic E-state index is -3.43. The number of sulfone groups is 1. The number of aromatic nitrogens is 2. The van der Waals surface area contributed by atoms with E-state index in [1.54, 1.807) is 24.3 Å². The zero-order valence-electron chi connectivity index (χ0n) is 12.7. The van der Waals surface area contributed by atoms with Crippen LogP contribution in [0.2, 0.25) is 5.02 Å². The van der Waals surface area contributed by atoms with Gasteiger partial charge in [0.25, 0.3) is 0 Å². The molecule has 3 N–H and O–H groups in total. The summed E-state index contributed by atoms with van der Waals surface area (Å²) in [6.45, 7) is 0. The van der Waals surface area contributed by atoms with Gasteiger partial charge in [0, 0.05) is 0 Å². The van der Waals surface area contributed by atoms with Gasteiger partial charge in [0.15, 0.2) is 15.7 Å². The first-order valence-corrected chi connectivity index (χ1v) is 9.47. The third kappa shape index (κ3) is 3.31. The second-order valence-corrected chi connectivity index (χ2v) is 8.18. The standard InChI is InChI=1S/C15H17ClN4O3S/c16-11-9-17-15(20-21)19-14(11)18-12-7-3-4-8-13(12)24(22,23)10-5-1-2-6-10/h3-4,7-10,21H,1-2,5-6H2,(H2,17,18,19,20). The van der Waals surface area contributed by atoms with E-state index in [0.717, 1.165) is 12.8 Å². The summed E-state index contributed by atoms with van der Waals surface area (Å²) < 4.78 is 25.8. The van der Waals surface area contributed by atoms with Crippen LogP contribution in [-0.4, -0.2) is 28.8 Å². The fraction of sp³-hybridized carbons (Fsp3) is 0.333. The number of nitrogens with zero attached hydrogens (tertiary/aromatic N) is 2. The highest BCUT2D eigenvalue weighted by molar-refractivity contribution is 7.92. The van der Waals surface area contributed by atoms with Crippen molar-refractivity contribution in [2.24, 2.45) is 0 Å². The van der Waals surface area contributed by atoms with E-state index in [1.807, 2.05) is 5.48 Å². The Labute approximate surface area is 145 Å². The lowest BCUT2D eigenvalue weighted by Crippen LogP contribution is -2.19. The van der Waals surface area contributed by atoms with Crippen LogP contribution in [0.3, 0.4) is 0 Å². The summed E-state index contributed by atoms with van der Waals surface area (Å²) in [6, 6.07) is 6.66. The number of anilines is 3. The van der Waals surface area contributed by atoms with E-state index in [9.17, 15) is 8.42 Å². The van der Waals surface area contributed by atoms with Crippen molar-refractivity contribution in [2.75, 3.05) is 10.8 Å². The first-order valence-electron chi connectivity index (χ1n) is 7.55. The largest absolute Gasteiger partial charge is 0.338 e. The van der Waals surface area contributed by atoms with E-state index >= 15 is 0 Å². The molecule has 0 spiro atoms. The van der Waals surface area contributed by atoms with Gasteiger partial charge in [-0.1, -0.05) is 36.6 Å². The molecule has 0 unspecified atom stereocenters. The molecule has 1 aliphatic rings. The van der Waals surface area contributed by atoms with E-state index in [1.165, 1.54) is 6.20 Å². The van der Waals surface area contributed by atoms with Crippen molar-refractivity contribution in [1.29, 1.82) is 0 Å². The van der Waals surface area contributed by atoms with Gasteiger partial charge in [0.2, 0.25) is 5.95 Å². The van der Waals surface area contributed by atoms with Gasteiger partial charge in [-0.25, -0.2) is 18.9 Å². The highest BCUT2D eigenvalue weighted by atomic mass is 35.5. The van der Waals surface area contributed by atoms with Crippen molar-refractivity contribution in [3.63, 3.8) is 0 Å². The van der Waals surface area contributed by atoms with Crippen LogP contribution in [-0.2, 0) is 9.84 Å². The Kier molecular flexibility index (Phi) is 4.88. The van der Waals surface area contributed by atoms with Gasteiger partial charge in [-0.05, 0) is 25.0 Å². The number of nitrogens with one attached hydrogen (secondary N) is 2. The van der Waals surface area contributed by atoms with Crippen LogP contribution in [0.4, 0.5) is 17.5 Å². The number of hydrogen-bond acceptors (Lipinski definition) is 7. The zero-order valence-corrected chi connectivity index (χ0v) is 14.3. The Bertz CT molecular complexity index is 838. The normalized spacial score (nSPS) is 15.4. The Morgan fingerprint density at radius 1 is 1.21 bits per heavy atom. The third-order valence-electron chi connectivity index (χ3n) is 4.03. The number of hydrogen-bond donors (Lipinski definition) is 3. The fourth-order valence-corrected chi connectivity index (χ4v) is 4.98. The van der Waals surface area contributed by atoms with E-state index in [0.29, 0.717) is 18.5 Å². The Morgan fingerprint density at radius 2 is 1.92 bits per heavy atom. The van der Waals surface area contributed by atoms with Crippen molar-refractivity contribution in [3.05, 3.63) is 35.5 Å². The average molecular weight is 369 g/mol. The fourth-order valence-electron chi connectivity index (χ4n) is 2.83. The maximum absolute atomic E-state index is 12.9. The lowest BCUT2D eigenvalue weighted by atomic mass is 10.3. The molecule has 1 heterocycles. The summed E-state index contributed by atoms with van der Waals surface area (Å²) >= 11 is 6.05. The van der Waals surface area contributed by atoms with Crippen LogP contribution in [0.1, 0.15) is 25.7 Å². The molecule has 0 bridgehead atoms. The van der Waals surface area contributed by atoms with Crippen molar-refractivity contribution < 1.29 is 13.6 Å². The summed E-state index contributed by atoms with van der Waals surface area (Å²) in [5.74, 6) is 0.162. The maximum atomic E-state index is 12.9. The number of rotatable bonds is 5. The monoisotopic (exact) mass is 368 g/mol. The van der Waals surface area contributed by atoms with Gasteiger partial charge in [-0.15, -0.1) is 0 Å². The van der Waals surface area contributed by atoms with Crippen LogP contribution in [0.25, 0.3) is 0 Å². The first kappa shape index (κ1) is 16.9. The average Bonchev–Trinajstić information content (AvgIpc) is 3.12. The van der Waals surface area contributed by atoms with Crippen LogP contribution < -0.4 is 10.8 Å². The maximum Gasteiger partial charge on any atom is 0.248 e. The molecule has 1 fully saturated rings. The molecular weight excluding hydrogens is 352 g/mol. The van der Waals surface area contributed by atoms with Crippen LogP contribution in [0, 0.1) is 0 Å². The molecule has 0 atom stereocenters. The predicted octanol–water partition coefficient (Wildman–Crippen LogP) is 3.39. The number of para-hydroxylation sites is 1. The summed E-state index contributed by atoms with van der Waals surface area (Å²) in [5.41, 5.74) is 2.23. The summed E-state index contributed by atoms with van der Waals surface area (Å²) in [6.07, 6.45) is 4.54.